The number of fused-ring (bicyclic) bond motifs is 1. The molecule has 1 aliphatic heterocycles. The van der Waals surface area contributed by atoms with Gasteiger partial charge in [-0.3, -0.25) is 4.21 Å². The topological polar surface area (TPSA) is 54.9 Å². The van der Waals surface area contributed by atoms with Crippen LogP contribution in [-0.2, 0) is 10.8 Å². The summed E-state index contributed by atoms with van der Waals surface area (Å²) in [5.74, 6) is 1.47. The minimum absolute atomic E-state index is 0.279. The van der Waals surface area contributed by atoms with E-state index in [2.05, 4.69) is 14.1 Å². The number of anilines is 1. The third-order valence-electron chi connectivity index (χ3n) is 3.18. The summed E-state index contributed by atoms with van der Waals surface area (Å²) >= 11 is 13.5. The summed E-state index contributed by atoms with van der Waals surface area (Å²) < 4.78 is 19.8. The van der Waals surface area contributed by atoms with Crippen LogP contribution in [0.4, 0.5) is 5.69 Å². The van der Waals surface area contributed by atoms with E-state index in [1.807, 2.05) is 0 Å². The van der Waals surface area contributed by atoms with E-state index in [9.17, 15) is 4.21 Å². The fraction of sp³-hybridized carbons (Fsp3) is 0.455. The van der Waals surface area contributed by atoms with E-state index in [-0.39, 0.29) is 6.04 Å². The zero-order valence-corrected chi connectivity index (χ0v) is 13.0. The number of halogens is 2. The van der Waals surface area contributed by atoms with Crippen molar-refractivity contribution in [3.05, 3.63) is 16.1 Å². The molecule has 0 radical (unpaired) electrons. The van der Waals surface area contributed by atoms with Crippen molar-refractivity contribution in [2.24, 2.45) is 0 Å². The molecule has 0 spiro atoms. The summed E-state index contributed by atoms with van der Waals surface area (Å²) in [5.41, 5.74) is 2.18. The quantitative estimate of drug-likeness (QED) is 0.914. The Morgan fingerprint density at radius 1 is 1.21 bits per heavy atom. The van der Waals surface area contributed by atoms with Crippen LogP contribution >= 0.6 is 34.9 Å². The monoisotopic (exact) mass is 335 g/mol. The van der Waals surface area contributed by atoms with Gasteiger partial charge in [0.15, 0.2) is 0 Å². The summed E-state index contributed by atoms with van der Waals surface area (Å²) in [6, 6.07) is 1.97. The first-order valence-electron chi connectivity index (χ1n) is 5.87. The Labute approximate surface area is 127 Å². The van der Waals surface area contributed by atoms with Crippen LogP contribution < -0.4 is 5.32 Å². The van der Waals surface area contributed by atoms with Crippen LogP contribution in [0.2, 0.25) is 10.0 Å². The first-order chi connectivity index (χ1) is 9.15. The van der Waals surface area contributed by atoms with Crippen molar-refractivity contribution in [2.45, 2.75) is 18.9 Å². The summed E-state index contributed by atoms with van der Waals surface area (Å²) in [6.07, 6.45) is 1.76. The van der Waals surface area contributed by atoms with E-state index in [4.69, 9.17) is 23.2 Å². The fourth-order valence-electron chi connectivity index (χ4n) is 2.15. The van der Waals surface area contributed by atoms with E-state index in [1.165, 1.54) is 0 Å². The number of aromatic nitrogens is 2. The van der Waals surface area contributed by atoms with Gasteiger partial charge in [-0.25, -0.2) is 0 Å². The molecule has 4 nitrogen and oxygen atoms in total. The molecule has 1 aliphatic rings. The SMILES string of the molecule is O=S1CCC(Nc2c(Cl)cc(Cl)c3nsnc23)CC1. The van der Waals surface area contributed by atoms with Crippen LogP contribution in [-0.4, -0.2) is 30.5 Å². The summed E-state index contributed by atoms with van der Waals surface area (Å²) in [6.45, 7) is 0. The molecule has 1 aromatic carbocycles. The lowest BCUT2D eigenvalue weighted by molar-refractivity contribution is 0.624. The van der Waals surface area contributed by atoms with E-state index in [1.54, 1.807) is 6.07 Å². The number of rotatable bonds is 2. The number of nitrogens with one attached hydrogen (secondary N) is 1. The van der Waals surface area contributed by atoms with Gasteiger partial charge in [0.1, 0.15) is 11.0 Å². The van der Waals surface area contributed by atoms with Crippen LogP contribution in [0.3, 0.4) is 0 Å². The van der Waals surface area contributed by atoms with E-state index < -0.39 is 10.8 Å². The van der Waals surface area contributed by atoms with Crippen molar-refractivity contribution < 1.29 is 4.21 Å². The molecule has 2 heterocycles. The van der Waals surface area contributed by atoms with Crippen molar-refractivity contribution in [3.63, 3.8) is 0 Å². The number of hydrogen-bond acceptors (Lipinski definition) is 5. The Hall–Kier alpha value is -0.430. The van der Waals surface area contributed by atoms with Gasteiger partial charge in [-0.05, 0) is 18.9 Å². The van der Waals surface area contributed by atoms with Gasteiger partial charge >= 0.3 is 0 Å². The molecule has 3 rings (SSSR count). The lowest BCUT2D eigenvalue weighted by Gasteiger charge is -2.24. The van der Waals surface area contributed by atoms with Crippen LogP contribution in [0.25, 0.3) is 11.0 Å². The second kappa shape index (κ2) is 5.52. The van der Waals surface area contributed by atoms with Crippen LogP contribution in [0.5, 0.6) is 0 Å². The van der Waals surface area contributed by atoms with E-state index in [0.29, 0.717) is 21.1 Å². The van der Waals surface area contributed by atoms with Gasteiger partial charge in [0, 0.05) is 28.3 Å². The van der Waals surface area contributed by atoms with Crippen LogP contribution in [0.1, 0.15) is 12.8 Å². The molecule has 0 bridgehead atoms. The molecule has 2 aromatic rings. The Kier molecular flexibility index (Phi) is 3.93. The lowest BCUT2D eigenvalue weighted by Crippen LogP contribution is -2.29. The maximum Gasteiger partial charge on any atom is 0.130 e. The smallest absolute Gasteiger partial charge is 0.130 e. The molecular formula is C11H11Cl2N3OS2. The molecule has 1 aromatic heterocycles. The number of benzene rings is 1. The molecule has 0 amide bonds. The molecule has 0 aliphatic carbocycles. The molecule has 8 heteroatoms. The first-order valence-corrected chi connectivity index (χ1v) is 8.84. The maximum atomic E-state index is 11.4. The summed E-state index contributed by atoms with van der Waals surface area (Å²) in [4.78, 5) is 0. The predicted molar refractivity (Wildman–Crippen MR) is 82.0 cm³/mol. The molecule has 102 valence electrons. The lowest BCUT2D eigenvalue weighted by atomic mass is 10.1. The standard InChI is InChI=1S/C11H11Cl2N3OS2/c12-7-5-8(13)10-11(16-18-15-10)9(7)14-6-1-3-19(17)4-2-6/h5-6,14H,1-4H2. The van der Waals surface area contributed by atoms with Crippen molar-refractivity contribution in [1.82, 2.24) is 8.75 Å². The summed E-state index contributed by atoms with van der Waals surface area (Å²) in [5, 5.41) is 4.48. The molecule has 19 heavy (non-hydrogen) atoms. The zero-order chi connectivity index (χ0) is 13.4. The zero-order valence-electron chi connectivity index (χ0n) is 9.86. The van der Waals surface area contributed by atoms with Crippen LogP contribution in [0.15, 0.2) is 6.07 Å². The average molecular weight is 336 g/mol. The van der Waals surface area contributed by atoms with Crippen molar-refractivity contribution in [2.75, 3.05) is 16.8 Å². The second-order valence-electron chi connectivity index (χ2n) is 4.44. The van der Waals surface area contributed by atoms with Gasteiger partial charge < -0.3 is 5.32 Å². The van der Waals surface area contributed by atoms with E-state index >= 15 is 0 Å². The highest BCUT2D eigenvalue weighted by molar-refractivity contribution is 7.85. The van der Waals surface area contributed by atoms with Crippen molar-refractivity contribution in [3.8, 4) is 0 Å². The largest absolute Gasteiger partial charge is 0.379 e. The third-order valence-corrected chi connectivity index (χ3v) is 5.68. The Morgan fingerprint density at radius 3 is 2.63 bits per heavy atom. The Balaban J connectivity index is 1.92. The molecule has 0 unspecified atom stereocenters. The molecule has 1 N–H and O–H groups in total. The highest BCUT2D eigenvalue weighted by atomic mass is 35.5. The molecule has 1 saturated heterocycles. The Morgan fingerprint density at radius 2 is 1.89 bits per heavy atom. The number of hydrogen-bond donors (Lipinski definition) is 1. The van der Waals surface area contributed by atoms with Crippen molar-refractivity contribution >= 4 is 62.5 Å². The Bertz CT molecular complexity index is 636. The molecule has 0 saturated carbocycles. The minimum atomic E-state index is -0.667. The summed E-state index contributed by atoms with van der Waals surface area (Å²) in [7, 11) is -0.667. The first kappa shape index (κ1) is 13.5. The highest BCUT2D eigenvalue weighted by Gasteiger charge is 2.21. The van der Waals surface area contributed by atoms with E-state index in [0.717, 1.165) is 41.8 Å². The predicted octanol–water partition coefficient (Wildman–Crippen LogP) is 3.32. The second-order valence-corrected chi connectivity index (χ2v) is 7.48. The molecule has 0 atom stereocenters. The normalized spacial score (nSPS) is 23.7. The van der Waals surface area contributed by atoms with Crippen molar-refractivity contribution in [1.29, 1.82) is 0 Å². The van der Waals surface area contributed by atoms with Crippen LogP contribution in [0, 0.1) is 0 Å². The maximum absolute atomic E-state index is 11.4. The van der Waals surface area contributed by atoms with Gasteiger partial charge in [0.05, 0.1) is 27.5 Å². The highest BCUT2D eigenvalue weighted by Crippen LogP contribution is 2.36. The average Bonchev–Trinajstić information content (AvgIpc) is 2.86. The van der Waals surface area contributed by atoms with Gasteiger partial charge in [-0.15, -0.1) is 0 Å². The molecule has 1 fully saturated rings. The fourth-order valence-corrected chi connectivity index (χ4v) is 4.62. The number of nitrogens with zero attached hydrogens (tertiary/aromatic N) is 2. The third kappa shape index (κ3) is 2.72. The van der Waals surface area contributed by atoms with Gasteiger partial charge in [0.2, 0.25) is 0 Å². The van der Waals surface area contributed by atoms with Gasteiger partial charge in [-0.2, -0.15) is 8.75 Å². The van der Waals surface area contributed by atoms with Gasteiger partial charge in [0.25, 0.3) is 0 Å². The molecular weight excluding hydrogens is 325 g/mol. The minimum Gasteiger partial charge on any atom is -0.379 e. The van der Waals surface area contributed by atoms with Gasteiger partial charge in [-0.1, -0.05) is 23.2 Å².